The van der Waals surface area contributed by atoms with Crippen molar-refractivity contribution in [1.82, 2.24) is 9.97 Å². The summed E-state index contributed by atoms with van der Waals surface area (Å²) in [6.07, 6.45) is 4.70. The van der Waals surface area contributed by atoms with Gasteiger partial charge in [0.05, 0.1) is 0 Å². The van der Waals surface area contributed by atoms with Crippen LogP contribution in [-0.4, -0.2) is 16.3 Å². The number of hydrogen-bond donors (Lipinski definition) is 2. The van der Waals surface area contributed by atoms with Gasteiger partial charge in [-0.3, -0.25) is 4.79 Å². The van der Waals surface area contributed by atoms with E-state index < -0.39 is 0 Å². The van der Waals surface area contributed by atoms with Crippen molar-refractivity contribution in [3.05, 3.63) is 21.9 Å². The molecule has 72 valence electrons. The number of carbonyl (C=O) groups is 1. The first kappa shape index (κ1) is 9.77. The third-order valence-corrected chi connectivity index (χ3v) is 1.99. The fourth-order valence-electron chi connectivity index (χ4n) is 1.28. The van der Waals surface area contributed by atoms with Crippen molar-refractivity contribution in [2.24, 2.45) is 0 Å². The Labute approximate surface area is 76.4 Å². The van der Waals surface area contributed by atoms with Crippen LogP contribution in [0.1, 0.15) is 42.4 Å². The highest BCUT2D eigenvalue weighted by molar-refractivity contribution is 5.73. The summed E-state index contributed by atoms with van der Waals surface area (Å²) in [7, 11) is 0. The van der Waals surface area contributed by atoms with E-state index in [2.05, 4.69) is 16.9 Å². The molecule has 4 nitrogen and oxygen atoms in total. The molecule has 0 saturated heterocycles. The minimum absolute atomic E-state index is 0.298. The van der Waals surface area contributed by atoms with Crippen LogP contribution < -0.4 is 5.69 Å². The zero-order valence-corrected chi connectivity index (χ0v) is 7.72. The Morgan fingerprint density at radius 2 is 2.08 bits per heavy atom. The Balaban J connectivity index is 2.64. The number of aryl methyl sites for hydroxylation is 1. The predicted molar refractivity (Wildman–Crippen MR) is 50.0 cm³/mol. The van der Waals surface area contributed by atoms with Gasteiger partial charge in [-0.25, -0.2) is 4.79 Å². The number of rotatable bonds is 5. The van der Waals surface area contributed by atoms with Gasteiger partial charge in [0, 0.05) is 5.69 Å². The molecule has 0 radical (unpaired) electrons. The Morgan fingerprint density at radius 1 is 1.31 bits per heavy atom. The zero-order chi connectivity index (χ0) is 9.68. The van der Waals surface area contributed by atoms with Crippen molar-refractivity contribution >= 4 is 6.29 Å². The molecule has 0 bridgehead atoms. The maximum absolute atomic E-state index is 10.8. The molecule has 0 atom stereocenters. The van der Waals surface area contributed by atoms with E-state index >= 15 is 0 Å². The number of aldehydes is 1. The monoisotopic (exact) mass is 182 g/mol. The minimum atomic E-state index is -0.298. The molecule has 0 aliphatic heterocycles. The van der Waals surface area contributed by atoms with Crippen molar-refractivity contribution in [2.45, 2.75) is 32.6 Å². The van der Waals surface area contributed by atoms with Gasteiger partial charge in [0.1, 0.15) is 5.69 Å². The van der Waals surface area contributed by atoms with Gasteiger partial charge >= 0.3 is 5.69 Å². The molecule has 0 amide bonds. The Bertz CT molecular complexity index is 325. The third-order valence-electron chi connectivity index (χ3n) is 1.99. The van der Waals surface area contributed by atoms with E-state index in [9.17, 15) is 9.59 Å². The molecule has 0 spiro atoms. The first-order valence-electron chi connectivity index (χ1n) is 4.54. The smallest absolute Gasteiger partial charge is 0.309 e. The summed E-state index contributed by atoms with van der Waals surface area (Å²) in [5, 5.41) is 0. The van der Waals surface area contributed by atoms with Crippen LogP contribution in [0.15, 0.2) is 4.79 Å². The second-order valence-corrected chi connectivity index (χ2v) is 3.05. The van der Waals surface area contributed by atoms with Gasteiger partial charge in [-0.2, -0.15) is 0 Å². The maximum atomic E-state index is 10.8. The summed E-state index contributed by atoms with van der Waals surface area (Å²) < 4.78 is 0. The fourth-order valence-corrected chi connectivity index (χ4v) is 1.28. The van der Waals surface area contributed by atoms with E-state index in [0.29, 0.717) is 12.0 Å². The number of imidazole rings is 1. The van der Waals surface area contributed by atoms with Gasteiger partial charge in [-0.05, 0) is 12.8 Å². The highest BCUT2D eigenvalue weighted by atomic mass is 16.1. The molecular formula is C9H14N2O2. The number of aromatic nitrogens is 2. The zero-order valence-electron chi connectivity index (χ0n) is 7.72. The number of H-pyrrole nitrogens is 2. The van der Waals surface area contributed by atoms with Crippen molar-refractivity contribution in [1.29, 1.82) is 0 Å². The van der Waals surface area contributed by atoms with Crippen LogP contribution in [-0.2, 0) is 6.42 Å². The quantitative estimate of drug-likeness (QED) is 0.531. The van der Waals surface area contributed by atoms with Gasteiger partial charge in [0.15, 0.2) is 6.29 Å². The molecule has 1 heterocycles. The average molecular weight is 182 g/mol. The summed E-state index contributed by atoms with van der Waals surface area (Å²) in [6.45, 7) is 2.11. The van der Waals surface area contributed by atoms with Crippen LogP contribution >= 0.6 is 0 Å². The van der Waals surface area contributed by atoms with E-state index in [1.165, 1.54) is 0 Å². The lowest BCUT2D eigenvalue weighted by Gasteiger charge is -1.96. The van der Waals surface area contributed by atoms with E-state index in [1.54, 1.807) is 0 Å². The number of nitrogens with one attached hydrogen (secondary N) is 2. The van der Waals surface area contributed by atoms with Crippen LogP contribution in [0.3, 0.4) is 0 Å². The van der Waals surface area contributed by atoms with Crippen LogP contribution in [0.5, 0.6) is 0 Å². The van der Waals surface area contributed by atoms with Crippen molar-refractivity contribution in [3.63, 3.8) is 0 Å². The summed E-state index contributed by atoms with van der Waals surface area (Å²) in [6, 6.07) is 0. The summed E-state index contributed by atoms with van der Waals surface area (Å²) in [4.78, 5) is 26.4. The van der Waals surface area contributed by atoms with Gasteiger partial charge in [-0.1, -0.05) is 19.8 Å². The molecule has 0 fully saturated rings. The molecule has 0 unspecified atom stereocenters. The SMILES string of the molecule is CCCCCc1[nH]c(=O)[nH]c1C=O. The van der Waals surface area contributed by atoms with Crippen LogP contribution in [0.4, 0.5) is 0 Å². The predicted octanol–water partition coefficient (Wildman–Crippen LogP) is 1.25. The lowest BCUT2D eigenvalue weighted by molar-refractivity contribution is 0.111. The van der Waals surface area contributed by atoms with E-state index in [0.717, 1.165) is 31.4 Å². The molecular weight excluding hydrogens is 168 g/mol. The second-order valence-electron chi connectivity index (χ2n) is 3.05. The van der Waals surface area contributed by atoms with E-state index in [1.807, 2.05) is 0 Å². The summed E-state index contributed by atoms with van der Waals surface area (Å²) in [5.41, 5.74) is 0.822. The Hall–Kier alpha value is -1.32. The summed E-state index contributed by atoms with van der Waals surface area (Å²) in [5.74, 6) is 0. The lowest BCUT2D eigenvalue weighted by atomic mass is 10.1. The number of aromatic amines is 2. The van der Waals surface area contributed by atoms with Crippen LogP contribution in [0, 0.1) is 0 Å². The fraction of sp³-hybridized carbons (Fsp3) is 0.556. The number of carbonyl (C=O) groups excluding carboxylic acids is 1. The first-order valence-corrected chi connectivity index (χ1v) is 4.54. The highest BCUT2D eigenvalue weighted by Crippen LogP contribution is 2.04. The number of hydrogen-bond acceptors (Lipinski definition) is 2. The van der Waals surface area contributed by atoms with Crippen LogP contribution in [0.25, 0.3) is 0 Å². The lowest BCUT2D eigenvalue weighted by Crippen LogP contribution is -2.01. The molecule has 1 aromatic rings. The van der Waals surface area contributed by atoms with Gasteiger partial charge < -0.3 is 9.97 Å². The van der Waals surface area contributed by atoms with Gasteiger partial charge in [0.2, 0.25) is 0 Å². The minimum Gasteiger partial charge on any atom is -0.309 e. The molecule has 0 aliphatic carbocycles. The molecule has 0 aliphatic rings. The molecule has 1 rings (SSSR count). The average Bonchev–Trinajstić information content (AvgIpc) is 2.47. The first-order chi connectivity index (χ1) is 6.27. The van der Waals surface area contributed by atoms with E-state index in [-0.39, 0.29) is 5.69 Å². The Morgan fingerprint density at radius 3 is 2.69 bits per heavy atom. The highest BCUT2D eigenvalue weighted by Gasteiger charge is 2.04. The van der Waals surface area contributed by atoms with Crippen molar-refractivity contribution in [2.75, 3.05) is 0 Å². The van der Waals surface area contributed by atoms with Gasteiger partial charge in [-0.15, -0.1) is 0 Å². The van der Waals surface area contributed by atoms with Crippen molar-refractivity contribution < 1.29 is 4.79 Å². The maximum Gasteiger partial charge on any atom is 0.323 e. The standard InChI is InChI=1S/C9H14N2O2/c1-2-3-4-5-7-8(6-12)11-9(13)10-7/h6H,2-5H2,1H3,(H2,10,11,13). The molecule has 0 saturated carbocycles. The molecule has 1 aromatic heterocycles. The van der Waals surface area contributed by atoms with Crippen molar-refractivity contribution in [3.8, 4) is 0 Å². The molecule has 2 N–H and O–H groups in total. The summed E-state index contributed by atoms with van der Waals surface area (Å²) >= 11 is 0. The molecule has 13 heavy (non-hydrogen) atoms. The molecule has 0 aromatic carbocycles. The van der Waals surface area contributed by atoms with Gasteiger partial charge in [0.25, 0.3) is 0 Å². The van der Waals surface area contributed by atoms with E-state index in [4.69, 9.17) is 0 Å². The third kappa shape index (κ3) is 2.57. The molecule has 4 heteroatoms. The van der Waals surface area contributed by atoms with Crippen LogP contribution in [0.2, 0.25) is 0 Å². The largest absolute Gasteiger partial charge is 0.323 e. The topological polar surface area (TPSA) is 65.7 Å². The second kappa shape index (κ2) is 4.64. The normalized spacial score (nSPS) is 10.2. The number of unbranched alkanes of at least 4 members (excludes halogenated alkanes) is 2. The Kier molecular flexibility index (Phi) is 3.49.